The van der Waals surface area contributed by atoms with Crippen LogP contribution in [0.15, 0.2) is 48.1 Å². The first-order chi connectivity index (χ1) is 14.1. The molecular formula is C23H24N4O2. The van der Waals surface area contributed by atoms with Crippen molar-refractivity contribution in [1.82, 2.24) is 14.9 Å². The number of Topliss-reactive ketones (excluding diaryl/α,β-unsaturated/α-hetero) is 1. The number of benzene rings is 1. The Morgan fingerprint density at radius 3 is 2.59 bits per heavy atom. The first kappa shape index (κ1) is 18.2. The number of hydrogen-bond acceptors (Lipinski definition) is 6. The monoisotopic (exact) mass is 388 g/mol. The molecule has 2 heterocycles. The van der Waals surface area contributed by atoms with Crippen LogP contribution in [0.4, 0.5) is 5.95 Å². The molecule has 3 N–H and O–H groups in total. The standard InChI is InChI=1S/C23H24N4O2/c24-23-25-20(15-4-2-1-3-5-15)19-21(26-23)18-12-14(6-7-17(18)22(19)29)13-27-10-8-16(28)9-11-27/h1-7,14,16,28H,8-13H2,(H2,24,25,26). The highest BCUT2D eigenvalue weighted by molar-refractivity contribution is 6.24. The van der Waals surface area contributed by atoms with Gasteiger partial charge in [-0.15, -0.1) is 0 Å². The van der Waals surface area contributed by atoms with Crippen molar-refractivity contribution in [3.05, 3.63) is 59.3 Å². The van der Waals surface area contributed by atoms with E-state index in [1.165, 1.54) is 0 Å². The summed E-state index contributed by atoms with van der Waals surface area (Å²) in [7, 11) is 0. The summed E-state index contributed by atoms with van der Waals surface area (Å²) in [6, 6.07) is 9.68. The molecule has 6 nitrogen and oxygen atoms in total. The van der Waals surface area contributed by atoms with Crippen LogP contribution in [0.5, 0.6) is 0 Å². The summed E-state index contributed by atoms with van der Waals surface area (Å²) in [6.45, 7) is 2.76. The largest absolute Gasteiger partial charge is 0.393 e. The average Bonchev–Trinajstić information content (AvgIpc) is 3.01. The number of hydrogen-bond donors (Lipinski definition) is 2. The molecule has 2 aliphatic carbocycles. The van der Waals surface area contributed by atoms with Crippen molar-refractivity contribution in [1.29, 1.82) is 0 Å². The second-order valence-electron chi connectivity index (χ2n) is 8.10. The fraction of sp³-hybridized carbons (Fsp3) is 0.348. The number of carbonyl (C=O) groups excluding carboxylic acids is 1. The number of aliphatic hydroxyl groups is 1. The number of allylic oxidation sites excluding steroid dienone is 3. The fourth-order valence-electron chi connectivity index (χ4n) is 4.62. The maximum absolute atomic E-state index is 13.2. The van der Waals surface area contributed by atoms with Gasteiger partial charge in [0.05, 0.1) is 23.1 Å². The Balaban J connectivity index is 1.45. The Labute approximate surface area is 169 Å². The van der Waals surface area contributed by atoms with E-state index in [4.69, 9.17) is 5.73 Å². The minimum Gasteiger partial charge on any atom is -0.393 e. The molecule has 29 heavy (non-hydrogen) atoms. The van der Waals surface area contributed by atoms with Gasteiger partial charge in [0.1, 0.15) is 0 Å². The molecule has 6 heteroatoms. The molecule has 0 saturated carbocycles. The van der Waals surface area contributed by atoms with Crippen LogP contribution in [0.25, 0.3) is 16.8 Å². The Kier molecular flexibility index (Phi) is 4.53. The smallest absolute Gasteiger partial charge is 0.221 e. The molecule has 1 aromatic carbocycles. The van der Waals surface area contributed by atoms with Gasteiger partial charge in [0.2, 0.25) is 5.95 Å². The van der Waals surface area contributed by atoms with Gasteiger partial charge in [-0.2, -0.15) is 0 Å². The molecule has 148 valence electrons. The van der Waals surface area contributed by atoms with Crippen LogP contribution in [0.1, 0.15) is 35.3 Å². The van der Waals surface area contributed by atoms with Crippen molar-refractivity contribution in [3.63, 3.8) is 0 Å². The van der Waals surface area contributed by atoms with Gasteiger partial charge >= 0.3 is 0 Å². The number of likely N-dealkylation sites (tertiary alicyclic amines) is 1. The number of anilines is 1. The van der Waals surface area contributed by atoms with E-state index in [1.54, 1.807) is 0 Å². The molecule has 1 atom stereocenters. The van der Waals surface area contributed by atoms with Gasteiger partial charge in [-0.05, 0) is 30.8 Å². The zero-order valence-electron chi connectivity index (χ0n) is 16.2. The summed E-state index contributed by atoms with van der Waals surface area (Å²) in [4.78, 5) is 24.5. The van der Waals surface area contributed by atoms with Gasteiger partial charge in [0.15, 0.2) is 5.78 Å². The van der Waals surface area contributed by atoms with Gasteiger partial charge < -0.3 is 15.7 Å². The molecule has 1 aromatic heterocycles. The topological polar surface area (TPSA) is 92.3 Å². The van der Waals surface area contributed by atoms with Gasteiger partial charge in [-0.25, -0.2) is 9.97 Å². The molecule has 0 spiro atoms. The SMILES string of the molecule is Nc1nc2c(c(-c3ccccc3)n1)C(=O)C1=C2CC(CN2CCC(O)CC2)C=C1. The van der Waals surface area contributed by atoms with E-state index < -0.39 is 0 Å². The van der Waals surface area contributed by atoms with Crippen LogP contribution < -0.4 is 5.73 Å². The number of fused-ring (bicyclic) bond motifs is 2. The normalized spacial score (nSPS) is 22.1. The maximum Gasteiger partial charge on any atom is 0.221 e. The van der Waals surface area contributed by atoms with E-state index in [1.807, 2.05) is 36.4 Å². The second kappa shape index (κ2) is 7.21. The fourth-order valence-corrected chi connectivity index (χ4v) is 4.62. The third-order valence-corrected chi connectivity index (χ3v) is 6.11. The first-order valence-corrected chi connectivity index (χ1v) is 10.2. The molecule has 2 aromatic rings. The summed E-state index contributed by atoms with van der Waals surface area (Å²) in [5.74, 6) is 0.504. The number of ketones is 1. The first-order valence-electron chi connectivity index (χ1n) is 10.2. The Morgan fingerprint density at radius 2 is 1.83 bits per heavy atom. The third-order valence-electron chi connectivity index (χ3n) is 6.11. The molecule has 1 fully saturated rings. The molecule has 1 saturated heterocycles. The van der Waals surface area contributed by atoms with Crippen molar-refractivity contribution in [2.45, 2.75) is 25.4 Å². The minimum absolute atomic E-state index is 0.00959. The highest BCUT2D eigenvalue weighted by atomic mass is 16.3. The zero-order chi connectivity index (χ0) is 20.0. The van der Waals surface area contributed by atoms with Crippen LogP contribution >= 0.6 is 0 Å². The molecule has 0 bridgehead atoms. The number of rotatable bonds is 3. The summed E-state index contributed by atoms with van der Waals surface area (Å²) in [6.07, 6.45) is 6.36. The van der Waals surface area contributed by atoms with Crippen LogP contribution in [0.2, 0.25) is 0 Å². The van der Waals surface area contributed by atoms with Crippen LogP contribution in [0.3, 0.4) is 0 Å². The van der Waals surface area contributed by atoms with Crippen LogP contribution in [-0.2, 0) is 0 Å². The molecule has 1 unspecified atom stereocenters. The Morgan fingerprint density at radius 1 is 1.10 bits per heavy atom. The maximum atomic E-state index is 13.2. The van der Waals surface area contributed by atoms with E-state index in [0.29, 0.717) is 22.9 Å². The van der Waals surface area contributed by atoms with Gasteiger partial charge in [-0.3, -0.25) is 4.79 Å². The quantitative estimate of drug-likeness (QED) is 0.840. The number of nitrogens with zero attached hydrogens (tertiary/aromatic N) is 3. The second-order valence-corrected chi connectivity index (χ2v) is 8.10. The van der Waals surface area contributed by atoms with Crippen LogP contribution in [-0.4, -0.2) is 51.5 Å². The van der Waals surface area contributed by atoms with E-state index in [0.717, 1.165) is 55.6 Å². The van der Waals surface area contributed by atoms with E-state index in [2.05, 4.69) is 20.9 Å². The third kappa shape index (κ3) is 3.28. The minimum atomic E-state index is -0.169. The molecule has 3 aliphatic rings. The van der Waals surface area contributed by atoms with Crippen molar-refractivity contribution < 1.29 is 9.90 Å². The summed E-state index contributed by atoms with van der Waals surface area (Å²) >= 11 is 0. The lowest BCUT2D eigenvalue weighted by Gasteiger charge is -2.32. The zero-order valence-corrected chi connectivity index (χ0v) is 16.2. The van der Waals surface area contributed by atoms with Crippen molar-refractivity contribution in [2.75, 3.05) is 25.4 Å². The van der Waals surface area contributed by atoms with Gasteiger partial charge in [0.25, 0.3) is 0 Å². The van der Waals surface area contributed by atoms with E-state index in [9.17, 15) is 9.90 Å². The number of nitrogen functional groups attached to an aromatic ring is 1. The predicted octanol–water partition coefficient (Wildman–Crippen LogP) is 2.71. The molecular weight excluding hydrogens is 364 g/mol. The lowest BCUT2D eigenvalue weighted by Crippen LogP contribution is -2.38. The molecule has 5 rings (SSSR count). The Hall–Kier alpha value is -2.83. The van der Waals surface area contributed by atoms with Crippen molar-refractivity contribution >= 4 is 17.3 Å². The number of piperidine rings is 1. The highest BCUT2D eigenvalue weighted by Crippen LogP contribution is 2.43. The summed E-state index contributed by atoms with van der Waals surface area (Å²) in [5.41, 5.74) is 10.5. The van der Waals surface area contributed by atoms with Crippen LogP contribution in [0, 0.1) is 5.92 Å². The van der Waals surface area contributed by atoms with Crippen molar-refractivity contribution in [2.24, 2.45) is 5.92 Å². The Bertz CT molecular complexity index is 1020. The summed E-state index contributed by atoms with van der Waals surface area (Å²) in [5, 5.41) is 9.73. The van der Waals surface area contributed by atoms with Crippen molar-refractivity contribution in [3.8, 4) is 11.3 Å². The van der Waals surface area contributed by atoms with E-state index in [-0.39, 0.29) is 17.8 Å². The van der Waals surface area contributed by atoms with Gasteiger partial charge in [-0.1, -0.05) is 42.5 Å². The molecule has 0 amide bonds. The molecule has 1 aliphatic heterocycles. The number of aromatic nitrogens is 2. The lowest BCUT2D eigenvalue weighted by molar-refractivity contribution is 0.0780. The number of aliphatic hydroxyl groups excluding tert-OH is 1. The highest BCUT2D eigenvalue weighted by Gasteiger charge is 2.36. The number of nitrogens with two attached hydrogens (primary N) is 1. The molecule has 0 radical (unpaired) electrons. The lowest BCUT2D eigenvalue weighted by atomic mass is 9.89. The average molecular weight is 388 g/mol. The number of carbonyl (C=O) groups is 1. The van der Waals surface area contributed by atoms with Gasteiger partial charge in [0, 0.05) is 30.8 Å². The predicted molar refractivity (Wildman–Crippen MR) is 112 cm³/mol. The summed E-state index contributed by atoms with van der Waals surface area (Å²) < 4.78 is 0. The van der Waals surface area contributed by atoms with E-state index >= 15 is 0 Å².